The molecule has 1 aliphatic rings. The predicted molar refractivity (Wildman–Crippen MR) is 82.1 cm³/mol. The Bertz CT molecular complexity index is 849. The topological polar surface area (TPSA) is 41.6 Å². The van der Waals surface area contributed by atoms with Gasteiger partial charge >= 0.3 is 0 Å². The number of fused-ring (bicyclic) bond motifs is 1. The van der Waals surface area contributed by atoms with Gasteiger partial charge in [-0.25, -0.2) is 4.98 Å². The Morgan fingerprint density at radius 1 is 1.15 bits per heavy atom. The van der Waals surface area contributed by atoms with Crippen molar-refractivity contribution in [3.05, 3.63) is 52.9 Å². The second-order valence-corrected chi connectivity index (χ2v) is 5.63. The van der Waals surface area contributed by atoms with Crippen LogP contribution >= 0.6 is 12.2 Å². The molecule has 98 valence electrons. The van der Waals surface area contributed by atoms with Gasteiger partial charge in [-0.3, -0.25) is 4.98 Å². The van der Waals surface area contributed by atoms with E-state index in [2.05, 4.69) is 27.1 Å². The number of aromatic amines is 1. The summed E-state index contributed by atoms with van der Waals surface area (Å²) >= 11 is 5.29. The summed E-state index contributed by atoms with van der Waals surface area (Å²) < 4.78 is 0.659. The van der Waals surface area contributed by atoms with Gasteiger partial charge in [0.05, 0.1) is 5.52 Å². The molecule has 0 unspecified atom stereocenters. The summed E-state index contributed by atoms with van der Waals surface area (Å²) in [5, 5.41) is 1.11. The molecule has 4 heteroatoms. The zero-order chi connectivity index (χ0) is 13.5. The largest absolute Gasteiger partial charge is 0.343 e. The molecule has 1 N–H and O–H groups in total. The van der Waals surface area contributed by atoms with E-state index in [1.54, 1.807) is 6.20 Å². The third-order valence-corrected chi connectivity index (χ3v) is 3.87. The lowest BCUT2D eigenvalue weighted by Crippen LogP contribution is -1.95. The summed E-state index contributed by atoms with van der Waals surface area (Å²) in [6.45, 7) is 0. The molecule has 0 aliphatic heterocycles. The van der Waals surface area contributed by atoms with Crippen molar-refractivity contribution in [2.45, 2.75) is 18.8 Å². The minimum atomic E-state index is 0.639. The maximum Gasteiger partial charge on any atom is 0.139 e. The molecule has 0 saturated heterocycles. The molecule has 1 fully saturated rings. The van der Waals surface area contributed by atoms with Crippen molar-refractivity contribution in [2.75, 3.05) is 0 Å². The molecule has 0 spiro atoms. The number of nitrogens with zero attached hydrogens (tertiary/aromatic N) is 2. The molecule has 1 aliphatic carbocycles. The van der Waals surface area contributed by atoms with Gasteiger partial charge in [0.25, 0.3) is 0 Å². The average molecular weight is 279 g/mol. The molecule has 0 radical (unpaired) electrons. The summed E-state index contributed by atoms with van der Waals surface area (Å²) in [5.41, 5.74) is 3.26. The highest BCUT2D eigenvalue weighted by Crippen LogP contribution is 2.39. The van der Waals surface area contributed by atoms with Gasteiger partial charge in [0, 0.05) is 22.8 Å². The molecule has 2 heterocycles. The summed E-state index contributed by atoms with van der Waals surface area (Å²) in [6, 6.07) is 12.2. The number of aromatic nitrogens is 3. The van der Waals surface area contributed by atoms with Gasteiger partial charge in [-0.05, 0) is 49.1 Å². The van der Waals surface area contributed by atoms with E-state index in [-0.39, 0.29) is 0 Å². The van der Waals surface area contributed by atoms with Crippen molar-refractivity contribution >= 4 is 23.1 Å². The summed E-state index contributed by atoms with van der Waals surface area (Å²) in [6.07, 6.45) is 4.30. The molecule has 2 aromatic heterocycles. The molecule has 1 saturated carbocycles. The quantitative estimate of drug-likeness (QED) is 0.714. The monoisotopic (exact) mass is 279 g/mol. The van der Waals surface area contributed by atoms with E-state index in [1.165, 1.54) is 18.5 Å². The molecule has 0 amide bonds. The lowest BCUT2D eigenvalue weighted by molar-refractivity contribution is 0.988. The van der Waals surface area contributed by atoms with Gasteiger partial charge in [0.2, 0.25) is 0 Å². The third kappa shape index (κ3) is 2.12. The Morgan fingerprint density at radius 2 is 2.05 bits per heavy atom. The molecule has 0 bridgehead atoms. The lowest BCUT2D eigenvalue weighted by atomic mass is 10.1. The van der Waals surface area contributed by atoms with Crippen LogP contribution in [-0.2, 0) is 0 Å². The van der Waals surface area contributed by atoms with Crippen LogP contribution in [-0.4, -0.2) is 15.0 Å². The van der Waals surface area contributed by atoms with Crippen LogP contribution in [0.3, 0.4) is 0 Å². The van der Waals surface area contributed by atoms with E-state index in [1.807, 2.05) is 24.3 Å². The first-order chi connectivity index (χ1) is 9.79. The minimum Gasteiger partial charge on any atom is -0.343 e. The summed E-state index contributed by atoms with van der Waals surface area (Å²) in [7, 11) is 0. The lowest BCUT2D eigenvalue weighted by Gasteiger charge is -2.06. The number of H-pyrrole nitrogens is 1. The fourth-order valence-corrected chi connectivity index (χ4v) is 2.67. The van der Waals surface area contributed by atoms with Crippen molar-refractivity contribution in [1.29, 1.82) is 0 Å². The third-order valence-electron chi connectivity index (χ3n) is 3.66. The maximum atomic E-state index is 5.29. The Kier molecular flexibility index (Phi) is 2.63. The van der Waals surface area contributed by atoms with E-state index < -0.39 is 0 Å². The molecule has 0 atom stereocenters. The van der Waals surface area contributed by atoms with Crippen LogP contribution in [0.1, 0.15) is 24.5 Å². The summed E-state index contributed by atoms with van der Waals surface area (Å²) in [4.78, 5) is 12.2. The maximum absolute atomic E-state index is 5.29. The van der Waals surface area contributed by atoms with Gasteiger partial charge in [-0.1, -0.05) is 18.3 Å². The second kappa shape index (κ2) is 4.49. The first-order valence-corrected chi connectivity index (χ1v) is 7.17. The van der Waals surface area contributed by atoms with Gasteiger partial charge in [0.15, 0.2) is 0 Å². The highest BCUT2D eigenvalue weighted by Gasteiger charge is 2.24. The van der Waals surface area contributed by atoms with Crippen molar-refractivity contribution in [2.24, 2.45) is 0 Å². The van der Waals surface area contributed by atoms with Crippen LogP contribution in [0, 0.1) is 4.64 Å². The first-order valence-electron chi connectivity index (χ1n) is 6.76. The number of benzene rings is 1. The van der Waals surface area contributed by atoms with Gasteiger partial charge in [-0.15, -0.1) is 0 Å². The Labute approximate surface area is 121 Å². The van der Waals surface area contributed by atoms with Crippen LogP contribution in [0.25, 0.3) is 22.3 Å². The fraction of sp³-hybridized carbons (Fsp3) is 0.188. The van der Waals surface area contributed by atoms with E-state index in [0.717, 1.165) is 22.3 Å². The Morgan fingerprint density at radius 3 is 2.90 bits per heavy atom. The highest BCUT2D eigenvalue weighted by atomic mass is 32.1. The van der Waals surface area contributed by atoms with E-state index in [4.69, 9.17) is 12.2 Å². The fourth-order valence-electron chi connectivity index (χ4n) is 2.45. The number of nitrogens with one attached hydrogen (secondary N) is 1. The highest BCUT2D eigenvalue weighted by molar-refractivity contribution is 7.71. The van der Waals surface area contributed by atoms with Gasteiger partial charge in [-0.2, -0.15) is 0 Å². The number of pyridine rings is 1. The summed E-state index contributed by atoms with van der Waals surface area (Å²) in [5.74, 6) is 1.49. The van der Waals surface area contributed by atoms with E-state index in [9.17, 15) is 0 Å². The van der Waals surface area contributed by atoms with Crippen LogP contribution in [0.2, 0.25) is 0 Å². The van der Waals surface area contributed by atoms with E-state index in [0.29, 0.717) is 10.6 Å². The van der Waals surface area contributed by atoms with Crippen LogP contribution in [0.4, 0.5) is 0 Å². The van der Waals surface area contributed by atoms with Crippen LogP contribution in [0.5, 0.6) is 0 Å². The normalized spacial score (nSPS) is 14.6. The van der Waals surface area contributed by atoms with Crippen molar-refractivity contribution in [1.82, 2.24) is 15.0 Å². The van der Waals surface area contributed by atoms with Crippen LogP contribution < -0.4 is 0 Å². The molecule has 3 aromatic rings. The smallest absolute Gasteiger partial charge is 0.139 e. The van der Waals surface area contributed by atoms with Crippen LogP contribution in [0.15, 0.2) is 42.6 Å². The molecular weight excluding hydrogens is 266 g/mol. The standard InChI is InChI=1S/C16H13N3S/c20-15-9-14(10-3-4-10)18-16(19-15)12-5-6-13-11(8-12)2-1-7-17-13/h1-2,5-10H,3-4H2,(H,18,19,20). The average Bonchev–Trinajstić information content (AvgIpc) is 3.31. The molecule has 1 aromatic carbocycles. The Hall–Kier alpha value is -2.07. The van der Waals surface area contributed by atoms with Gasteiger partial charge in [0.1, 0.15) is 10.5 Å². The van der Waals surface area contributed by atoms with Crippen molar-refractivity contribution in [3.63, 3.8) is 0 Å². The number of rotatable bonds is 2. The SMILES string of the molecule is S=c1cc(C2CC2)[nH]c(-c2ccc3ncccc3c2)n1. The second-order valence-electron chi connectivity index (χ2n) is 5.21. The van der Waals surface area contributed by atoms with Crippen molar-refractivity contribution < 1.29 is 0 Å². The number of hydrogen-bond acceptors (Lipinski definition) is 3. The number of hydrogen-bond donors (Lipinski definition) is 1. The Balaban J connectivity index is 1.87. The molecular formula is C16H13N3S. The zero-order valence-corrected chi connectivity index (χ0v) is 11.7. The predicted octanol–water partition coefficient (Wildman–Crippen LogP) is 4.23. The van der Waals surface area contributed by atoms with Gasteiger partial charge < -0.3 is 4.98 Å². The first kappa shape index (κ1) is 11.7. The minimum absolute atomic E-state index is 0.639. The van der Waals surface area contributed by atoms with E-state index >= 15 is 0 Å². The molecule has 20 heavy (non-hydrogen) atoms. The molecule has 3 nitrogen and oxygen atoms in total. The zero-order valence-electron chi connectivity index (χ0n) is 10.8. The van der Waals surface area contributed by atoms with Crippen molar-refractivity contribution in [3.8, 4) is 11.4 Å². The molecule has 4 rings (SSSR count).